The third-order valence-electron chi connectivity index (χ3n) is 14.5. The van der Waals surface area contributed by atoms with Gasteiger partial charge in [0.25, 0.3) is 0 Å². The molecule has 12 aromatic rings. The van der Waals surface area contributed by atoms with Gasteiger partial charge >= 0.3 is 0 Å². The van der Waals surface area contributed by atoms with Crippen LogP contribution < -0.4 is 4.90 Å². The lowest BCUT2D eigenvalue weighted by Crippen LogP contribution is -2.22. The summed E-state index contributed by atoms with van der Waals surface area (Å²) in [6.45, 7) is 2.39. The van der Waals surface area contributed by atoms with E-state index in [2.05, 4.69) is 267 Å². The predicted molar refractivity (Wildman–Crippen MR) is 285 cm³/mol. The molecule has 12 aromatic carbocycles. The summed E-state index contributed by atoms with van der Waals surface area (Å²) >= 11 is 0. The van der Waals surface area contributed by atoms with Crippen LogP contribution in [0.4, 0.5) is 17.1 Å². The molecule has 314 valence electrons. The molecule has 0 radical (unpaired) electrons. The maximum Gasteiger partial charge on any atom is 0.0468 e. The second-order valence-corrected chi connectivity index (χ2v) is 18.1. The summed E-state index contributed by atoms with van der Waals surface area (Å²) in [4.78, 5) is 2.47. The quantitative estimate of drug-likeness (QED) is 0.144. The lowest BCUT2D eigenvalue weighted by Gasteiger charge is -2.30. The molecule has 0 spiro atoms. The predicted octanol–water partition coefficient (Wildman–Crippen LogP) is 18.1. The van der Waals surface area contributed by atoms with Gasteiger partial charge in [-0.2, -0.15) is 0 Å². The zero-order valence-electron chi connectivity index (χ0n) is 37.2. The molecule has 0 amide bonds. The first-order valence-electron chi connectivity index (χ1n) is 23.3. The normalized spacial score (nSPS) is 14.1. The van der Waals surface area contributed by atoms with E-state index in [1.807, 2.05) is 0 Å². The van der Waals surface area contributed by atoms with E-state index in [-0.39, 0.29) is 5.41 Å². The Morgan fingerprint density at radius 1 is 0.284 bits per heavy atom. The van der Waals surface area contributed by atoms with Crippen LogP contribution in [0.15, 0.2) is 255 Å². The van der Waals surface area contributed by atoms with Gasteiger partial charge in [0.1, 0.15) is 0 Å². The number of rotatable bonds is 7. The number of nitrogens with zero attached hydrogens (tertiary/aromatic N) is 1. The minimum Gasteiger partial charge on any atom is -0.310 e. The summed E-state index contributed by atoms with van der Waals surface area (Å²) in [6, 6.07) is 94.2. The Morgan fingerprint density at radius 2 is 0.776 bits per heavy atom. The van der Waals surface area contributed by atoms with Crippen molar-refractivity contribution in [3.8, 4) is 44.5 Å². The highest BCUT2D eigenvalue weighted by Crippen LogP contribution is 2.54. The van der Waals surface area contributed by atoms with Crippen molar-refractivity contribution in [3.05, 3.63) is 271 Å². The number of hydrogen-bond donors (Lipinski definition) is 0. The molecule has 67 heavy (non-hydrogen) atoms. The van der Waals surface area contributed by atoms with Crippen molar-refractivity contribution in [1.82, 2.24) is 0 Å². The van der Waals surface area contributed by atoms with Crippen LogP contribution in [0.5, 0.6) is 0 Å². The van der Waals surface area contributed by atoms with Gasteiger partial charge in [0.05, 0.1) is 0 Å². The minimum atomic E-state index is -0.288. The third-order valence-corrected chi connectivity index (χ3v) is 14.5. The van der Waals surface area contributed by atoms with E-state index in [1.54, 1.807) is 0 Å². The van der Waals surface area contributed by atoms with Crippen molar-refractivity contribution >= 4 is 60.2 Å². The molecule has 1 nitrogen and oxygen atoms in total. The number of hydrogen-bond acceptors (Lipinski definition) is 1. The first-order valence-corrected chi connectivity index (χ1v) is 23.3. The highest BCUT2D eigenvalue weighted by Gasteiger charge is 2.41. The van der Waals surface area contributed by atoms with Crippen molar-refractivity contribution in [3.63, 3.8) is 0 Å². The number of anilines is 3. The molecule has 1 heteroatoms. The smallest absolute Gasteiger partial charge is 0.0468 e. The Balaban J connectivity index is 1.06. The summed E-state index contributed by atoms with van der Waals surface area (Å²) in [5.74, 6) is 0. The standard InChI is InChI=1S/C66H45N/c1-66(48-24-9-4-10-25-48)62-32-18-17-30-57(62)60-42-51(38-40-63(60)66)67(49-35-33-44(34-36-49)59-41-47-23-11-12-26-52(47)53-27-13-14-29-55(53)59)50-37-39-56-54-28-15-16-31-58(54)64(45-19-5-2-6-20-45)65(61(56)43-50)46-21-7-3-8-22-46/h2-43H,1H3. The molecule has 1 aliphatic rings. The molecule has 0 N–H and O–H groups in total. The van der Waals surface area contributed by atoms with E-state index >= 15 is 0 Å². The van der Waals surface area contributed by atoms with E-state index in [1.165, 1.54) is 104 Å². The first-order chi connectivity index (χ1) is 33.1. The molecular weight excluding hydrogens is 807 g/mol. The van der Waals surface area contributed by atoms with Crippen LogP contribution in [-0.4, -0.2) is 0 Å². The van der Waals surface area contributed by atoms with Crippen molar-refractivity contribution < 1.29 is 0 Å². The fourth-order valence-corrected chi connectivity index (χ4v) is 11.4. The minimum absolute atomic E-state index is 0.288. The second kappa shape index (κ2) is 15.6. The van der Waals surface area contributed by atoms with Crippen LogP contribution in [0.3, 0.4) is 0 Å². The summed E-state index contributed by atoms with van der Waals surface area (Å²) in [5.41, 5.74) is 16.8. The van der Waals surface area contributed by atoms with Gasteiger partial charge in [-0.3, -0.25) is 0 Å². The molecule has 1 aliphatic carbocycles. The monoisotopic (exact) mass is 851 g/mol. The summed E-state index contributed by atoms with van der Waals surface area (Å²) in [6.07, 6.45) is 0. The van der Waals surface area contributed by atoms with Gasteiger partial charge in [-0.25, -0.2) is 0 Å². The Labute approximate surface area is 391 Å². The maximum absolute atomic E-state index is 2.47. The number of benzene rings is 12. The average molecular weight is 852 g/mol. The van der Waals surface area contributed by atoms with Crippen molar-refractivity contribution in [2.75, 3.05) is 4.90 Å². The molecule has 1 atom stereocenters. The van der Waals surface area contributed by atoms with E-state index in [4.69, 9.17) is 0 Å². The van der Waals surface area contributed by atoms with Gasteiger partial charge < -0.3 is 4.90 Å². The van der Waals surface area contributed by atoms with E-state index in [0.717, 1.165) is 17.1 Å². The van der Waals surface area contributed by atoms with Gasteiger partial charge in [-0.05, 0) is 154 Å². The van der Waals surface area contributed by atoms with Crippen LogP contribution in [0, 0.1) is 0 Å². The lowest BCUT2D eigenvalue weighted by atomic mass is 9.74. The molecule has 0 fully saturated rings. The molecule has 1 unspecified atom stereocenters. The van der Waals surface area contributed by atoms with E-state index < -0.39 is 0 Å². The molecule has 0 saturated heterocycles. The molecule has 0 heterocycles. The van der Waals surface area contributed by atoms with Crippen molar-refractivity contribution in [1.29, 1.82) is 0 Å². The molecule has 0 bridgehead atoms. The summed E-state index contributed by atoms with van der Waals surface area (Å²) in [7, 11) is 0. The molecule has 0 saturated carbocycles. The third kappa shape index (κ3) is 6.16. The Kier molecular flexibility index (Phi) is 9.05. The fourth-order valence-electron chi connectivity index (χ4n) is 11.4. The highest BCUT2D eigenvalue weighted by molar-refractivity contribution is 6.22. The highest BCUT2D eigenvalue weighted by atomic mass is 15.1. The van der Waals surface area contributed by atoms with Gasteiger partial charge in [-0.1, -0.05) is 212 Å². The molecule has 0 aromatic heterocycles. The fraction of sp³-hybridized carbons (Fsp3) is 0.0303. The van der Waals surface area contributed by atoms with Gasteiger partial charge in [0.2, 0.25) is 0 Å². The van der Waals surface area contributed by atoms with Crippen LogP contribution in [0.25, 0.3) is 87.6 Å². The van der Waals surface area contributed by atoms with Crippen LogP contribution in [0.1, 0.15) is 23.6 Å². The molecular formula is C66H45N. The average Bonchev–Trinajstić information content (AvgIpc) is 3.66. The van der Waals surface area contributed by atoms with Gasteiger partial charge in [-0.15, -0.1) is 0 Å². The Morgan fingerprint density at radius 3 is 1.49 bits per heavy atom. The lowest BCUT2D eigenvalue weighted by molar-refractivity contribution is 0.714. The largest absolute Gasteiger partial charge is 0.310 e. The maximum atomic E-state index is 2.47. The van der Waals surface area contributed by atoms with Crippen molar-refractivity contribution in [2.45, 2.75) is 12.3 Å². The first kappa shape index (κ1) is 38.9. The van der Waals surface area contributed by atoms with Crippen LogP contribution in [-0.2, 0) is 5.41 Å². The van der Waals surface area contributed by atoms with Gasteiger partial charge in [0.15, 0.2) is 0 Å². The van der Waals surface area contributed by atoms with Crippen LogP contribution in [0.2, 0.25) is 0 Å². The second-order valence-electron chi connectivity index (χ2n) is 18.1. The zero-order valence-corrected chi connectivity index (χ0v) is 37.2. The Bertz CT molecular complexity index is 3850. The SMILES string of the molecule is CC1(c2ccccc2)c2ccccc2-c2cc(N(c3ccc(-c4cc5ccccc5c5ccccc45)cc3)c3ccc4c(c3)c(-c3ccccc3)c(-c3ccccc3)c3ccccc34)ccc21. The zero-order chi connectivity index (χ0) is 44.5. The summed E-state index contributed by atoms with van der Waals surface area (Å²) < 4.78 is 0. The summed E-state index contributed by atoms with van der Waals surface area (Å²) in [5, 5.41) is 10.0. The molecule has 13 rings (SSSR count). The van der Waals surface area contributed by atoms with Crippen molar-refractivity contribution in [2.24, 2.45) is 0 Å². The Hall–Kier alpha value is -8.52. The topological polar surface area (TPSA) is 3.24 Å². The number of fused-ring (bicyclic) bond motifs is 9. The van der Waals surface area contributed by atoms with E-state index in [0.29, 0.717) is 0 Å². The van der Waals surface area contributed by atoms with E-state index in [9.17, 15) is 0 Å². The molecule has 0 aliphatic heterocycles. The van der Waals surface area contributed by atoms with Crippen LogP contribution >= 0.6 is 0 Å². The van der Waals surface area contributed by atoms with Gasteiger partial charge in [0, 0.05) is 22.5 Å².